The van der Waals surface area contributed by atoms with Crippen LogP contribution >= 0.6 is 11.6 Å². The molecular weight excluding hydrogens is 546 g/mol. The minimum atomic E-state index is -4.13. The van der Waals surface area contributed by atoms with E-state index in [-0.39, 0.29) is 17.3 Å². The van der Waals surface area contributed by atoms with Crippen molar-refractivity contribution in [3.8, 4) is 0 Å². The van der Waals surface area contributed by atoms with Crippen LogP contribution in [-0.4, -0.2) is 44.3 Å². The Balaban J connectivity index is 2.07. The van der Waals surface area contributed by atoms with E-state index in [1.165, 1.54) is 17.0 Å². The summed E-state index contributed by atoms with van der Waals surface area (Å²) in [5.41, 5.74) is 2.81. The lowest BCUT2D eigenvalue weighted by atomic mass is 10.1. The molecule has 0 saturated heterocycles. The van der Waals surface area contributed by atoms with Gasteiger partial charge in [-0.15, -0.1) is 0 Å². The Labute approximate surface area is 243 Å². The number of carbonyl (C=O) groups is 2. The summed E-state index contributed by atoms with van der Waals surface area (Å²) in [7, 11) is -4.13. The zero-order valence-corrected chi connectivity index (χ0v) is 25.1. The quantitative estimate of drug-likeness (QED) is 0.255. The summed E-state index contributed by atoms with van der Waals surface area (Å²) in [5.74, 6) is -0.729. The van der Waals surface area contributed by atoms with Crippen LogP contribution in [0.4, 0.5) is 5.69 Å². The molecule has 0 saturated carbocycles. The van der Waals surface area contributed by atoms with Crippen LogP contribution < -0.4 is 9.62 Å². The van der Waals surface area contributed by atoms with Crippen LogP contribution in [0.1, 0.15) is 49.8 Å². The Kier molecular flexibility index (Phi) is 11.2. The number of sulfonamides is 1. The minimum Gasteiger partial charge on any atom is -0.354 e. The summed E-state index contributed by atoms with van der Waals surface area (Å²) in [6.07, 6.45) is 2.13. The average Bonchev–Trinajstić information content (AvgIpc) is 2.93. The van der Waals surface area contributed by atoms with Gasteiger partial charge in [0.1, 0.15) is 12.6 Å². The standard InChI is InChI=1S/C31H38ClN3O4S/c1-5-7-19-33-31(37)28(6-2)34(21-25-14-12-11-13-23(25)3)30(36)22-35(29-18-17-26(32)20-24(29)4)40(38,39)27-15-9-8-10-16-27/h8-18,20,28H,5-7,19,21-22H2,1-4H3,(H,33,37)/t28-/m1/s1. The lowest BCUT2D eigenvalue weighted by Crippen LogP contribution is -2.52. The van der Waals surface area contributed by atoms with Crippen molar-refractivity contribution >= 4 is 39.1 Å². The molecule has 3 aromatic rings. The molecule has 3 aromatic carbocycles. The van der Waals surface area contributed by atoms with E-state index in [1.807, 2.05) is 45.0 Å². The first-order valence-electron chi connectivity index (χ1n) is 13.6. The Morgan fingerprint density at radius 2 is 1.60 bits per heavy atom. The van der Waals surface area contributed by atoms with Gasteiger partial charge in [0.25, 0.3) is 10.0 Å². The zero-order chi connectivity index (χ0) is 29.3. The van der Waals surface area contributed by atoms with Crippen LogP contribution in [0.15, 0.2) is 77.7 Å². The number of anilines is 1. The second-order valence-corrected chi connectivity index (χ2v) is 12.1. The molecule has 0 bridgehead atoms. The van der Waals surface area contributed by atoms with Crippen LogP contribution in [0.2, 0.25) is 5.02 Å². The van der Waals surface area contributed by atoms with Crippen molar-refractivity contribution in [2.45, 2.75) is 64.4 Å². The van der Waals surface area contributed by atoms with Crippen LogP contribution in [-0.2, 0) is 26.2 Å². The van der Waals surface area contributed by atoms with Gasteiger partial charge < -0.3 is 10.2 Å². The van der Waals surface area contributed by atoms with Gasteiger partial charge in [0.15, 0.2) is 0 Å². The zero-order valence-electron chi connectivity index (χ0n) is 23.6. The summed E-state index contributed by atoms with van der Waals surface area (Å²) in [6.45, 7) is 7.79. The number of benzene rings is 3. The van der Waals surface area contributed by atoms with Crippen molar-refractivity contribution in [1.29, 1.82) is 0 Å². The minimum absolute atomic E-state index is 0.0620. The molecule has 2 amide bonds. The van der Waals surface area contributed by atoms with Gasteiger partial charge >= 0.3 is 0 Å². The highest BCUT2D eigenvalue weighted by Crippen LogP contribution is 2.29. The fourth-order valence-corrected chi connectivity index (χ4v) is 6.25. The third-order valence-electron chi connectivity index (χ3n) is 6.86. The summed E-state index contributed by atoms with van der Waals surface area (Å²) in [5, 5.41) is 3.41. The highest BCUT2D eigenvalue weighted by atomic mass is 35.5. The van der Waals surface area contributed by atoms with Gasteiger partial charge in [0.2, 0.25) is 11.8 Å². The van der Waals surface area contributed by atoms with E-state index in [0.29, 0.717) is 29.2 Å². The molecule has 0 aliphatic rings. The fraction of sp³-hybridized carbons (Fsp3) is 0.355. The summed E-state index contributed by atoms with van der Waals surface area (Å²) in [4.78, 5) is 29.0. The van der Waals surface area contributed by atoms with E-state index in [1.54, 1.807) is 43.3 Å². The number of nitrogens with zero attached hydrogens (tertiary/aromatic N) is 2. The number of nitrogens with one attached hydrogen (secondary N) is 1. The molecule has 0 unspecified atom stereocenters. The van der Waals surface area contributed by atoms with Gasteiger partial charge in [-0.1, -0.05) is 74.3 Å². The van der Waals surface area contributed by atoms with Crippen molar-refractivity contribution in [2.75, 3.05) is 17.4 Å². The van der Waals surface area contributed by atoms with Crippen LogP contribution in [0.25, 0.3) is 0 Å². The van der Waals surface area contributed by atoms with Crippen molar-refractivity contribution in [1.82, 2.24) is 10.2 Å². The van der Waals surface area contributed by atoms with Gasteiger partial charge in [-0.05, 0) is 73.7 Å². The van der Waals surface area contributed by atoms with E-state index >= 15 is 0 Å². The maximum atomic E-state index is 14.1. The Morgan fingerprint density at radius 3 is 2.23 bits per heavy atom. The SMILES string of the molecule is CCCCNC(=O)[C@@H](CC)N(Cc1ccccc1C)C(=O)CN(c1ccc(Cl)cc1C)S(=O)(=O)c1ccccc1. The highest BCUT2D eigenvalue weighted by Gasteiger charge is 2.34. The van der Waals surface area contributed by atoms with Crippen molar-refractivity contribution in [3.63, 3.8) is 0 Å². The number of rotatable bonds is 13. The van der Waals surface area contributed by atoms with E-state index in [4.69, 9.17) is 11.6 Å². The predicted octanol–water partition coefficient (Wildman–Crippen LogP) is 5.88. The van der Waals surface area contributed by atoms with E-state index in [0.717, 1.165) is 28.3 Å². The number of unbranched alkanes of at least 4 members (excludes halogenated alkanes) is 1. The Hall–Kier alpha value is -3.36. The first-order valence-corrected chi connectivity index (χ1v) is 15.4. The van der Waals surface area contributed by atoms with Gasteiger partial charge in [-0.3, -0.25) is 13.9 Å². The maximum Gasteiger partial charge on any atom is 0.264 e. The first-order chi connectivity index (χ1) is 19.1. The third-order valence-corrected chi connectivity index (χ3v) is 8.86. The molecule has 0 aliphatic heterocycles. The molecule has 7 nitrogen and oxygen atoms in total. The van der Waals surface area contributed by atoms with Crippen LogP contribution in [0, 0.1) is 13.8 Å². The van der Waals surface area contributed by atoms with E-state index < -0.39 is 28.5 Å². The lowest BCUT2D eigenvalue weighted by molar-refractivity contribution is -0.140. The molecule has 0 fully saturated rings. The normalized spacial score (nSPS) is 12.0. The van der Waals surface area contributed by atoms with Gasteiger partial charge in [-0.2, -0.15) is 0 Å². The number of carbonyl (C=O) groups excluding carboxylic acids is 2. The molecule has 40 heavy (non-hydrogen) atoms. The summed E-state index contributed by atoms with van der Waals surface area (Å²) >= 11 is 6.17. The second-order valence-electron chi connectivity index (χ2n) is 9.77. The van der Waals surface area contributed by atoms with E-state index in [9.17, 15) is 18.0 Å². The summed E-state index contributed by atoms with van der Waals surface area (Å²) in [6, 6.07) is 19.8. The van der Waals surface area contributed by atoms with Crippen molar-refractivity contribution in [2.24, 2.45) is 0 Å². The molecule has 0 aliphatic carbocycles. The van der Waals surface area contributed by atoms with Crippen LogP contribution in [0.3, 0.4) is 0 Å². The predicted molar refractivity (Wildman–Crippen MR) is 161 cm³/mol. The number of amides is 2. The summed E-state index contributed by atoms with van der Waals surface area (Å²) < 4.78 is 29.0. The first kappa shape index (κ1) is 31.2. The lowest BCUT2D eigenvalue weighted by Gasteiger charge is -2.34. The molecule has 0 aromatic heterocycles. The average molecular weight is 584 g/mol. The van der Waals surface area contributed by atoms with Crippen molar-refractivity contribution in [3.05, 3.63) is 94.5 Å². The monoisotopic (exact) mass is 583 g/mol. The Bertz CT molecular complexity index is 1410. The number of halogens is 1. The molecule has 0 heterocycles. The molecule has 214 valence electrons. The molecular formula is C31H38ClN3O4S. The second kappa shape index (κ2) is 14.3. The number of aryl methyl sites for hydroxylation is 2. The molecule has 3 rings (SSSR count). The smallest absolute Gasteiger partial charge is 0.264 e. The van der Waals surface area contributed by atoms with Gasteiger partial charge in [0, 0.05) is 18.1 Å². The fourth-order valence-electron chi connectivity index (χ4n) is 4.53. The van der Waals surface area contributed by atoms with Gasteiger partial charge in [0.05, 0.1) is 10.6 Å². The number of hydrogen-bond donors (Lipinski definition) is 1. The largest absolute Gasteiger partial charge is 0.354 e. The highest BCUT2D eigenvalue weighted by molar-refractivity contribution is 7.92. The topological polar surface area (TPSA) is 86.8 Å². The Morgan fingerprint density at radius 1 is 0.925 bits per heavy atom. The molecule has 1 N–H and O–H groups in total. The van der Waals surface area contributed by atoms with Crippen molar-refractivity contribution < 1.29 is 18.0 Å². The molecule has 9 heteroatoms. The van der Waals surface area contributed by atoms with Crippen LogP contribution in [0.5, 0.6) is 0 Å². The van der Waals surface area contributed by atoms with Gasteiger partial charge in [-0.25, -0.2) is 8.42 Å². The van der Waals surface area contributed by atoms with E-state index in [2.05, 4.69) is 5.32 Å². The molecule has 0 radical (unpaired) electrons. The molecule has 0 spiro atoms. The number of hydrogen-bond acceptors (Lipinski definition) is 4. The molecule has 1 atom stereocenters. The maximum absolute atomic E-state index is 14.1. The third kappa shape index (κ3) is 7.64.